The number of nitrogens with two attached hydrogens (primary N) is 1. The van der Waals surface area contributed by atoms with Crippen LogP contribution in [0.15, 0.2) is 0 Å². The molecular formula is C16H34N2. The molecule has 0 radical (unpaired) electrons. The summed E-state index contributed by atoms with van der Waals surface area (Å²) in [5.41, 5.74) is 6.47. The molecule has 2 atom stereocenters. The lowest BCUT2D eigenvalue weighted by atomic mass is 9.82. The largest absolute Gasteiger partial charge is 0.329 e. The van der Waals surface area contributed by atoms with Crippen LogP contribution < -0.4 is 5.73 Å². The van der Waals surface area contributed by atoms with Crippen molar-refractivity contribution in [2.45, 2.75) is 77.7 Å². The highest BCUT2D eigenvalue weighted by Crippen LogP contribution is 2.30. The maximum Gasteiger partial charge on any atom is 0.0331 e. The molecular weight excluding hydrogens is 220 g/mol. The first-order valence-electron chi connectivity index (χ1n) is 8.13. The lowest BCUT2D eigenvalue weighted by molar-refractivity contribution is 0.0579. The van der Waals surface area contributed by atoms with Crippen molar-refractivity contribution >= 4 is 0 Å². The minimum atomic E-state index is 0.271. The van der Waals surface area contributed by atoms with Gasteiger partial charge in [-0.2, -0.15) is 0 Å². The van der Waals surface area contributed by atoms with Crippen molar-refractivity contribution in [3.63, 3.8) is 0 Å². The topological polar surface area (TPSA) is 29.3 Å². The van der Waals surface area contributed by atoms with Gasteiger partial charge < -0.3 is 5.73 Å². The minimum Gasteiger partial charge on any atom is -0.329 e. The number of likely N-dealkylation sites (tertiary alicyclic amines) is 1. The van der Waals surface area contributed by atoms with Gasteiger partial charge in [0.1, 0.15) is 0 Å². The van der Waals surface area contributed by atoms with Crippen molar-refractivity contribution in [3.05, 3.63) is 0 Å². The van der Waals surface area contributed by atoms with Gasteiger partial charge in [-0.3, -0.25) is 4.90 Å². The van der Waals surface area contributed by atoms with Crippen LogP contribution in [0.25, 0.3) is 0 Å². The van der Waals surface area contributed by atoms with E-state index < -0.39 is 0 Å². The third-order valence-corrected chi connectivity index (χ3v) is 4.99. The van der Waals surface area contributed by atoms with Crippen molar-refractivity contribution in [2.24, 2.45) is 11.7 Å². The van der Waals surface area contributed by atoms with Gasteiger partial charge in [-0.25, -0.2) is 0 Å². The molecule has 2 heteroatoms. The van der Waals surface area contributed by atoms with Gasteiger partial charge in [-0.1, -0.05) is 46.5 Å². The average Bonchev–Trinajstić information content (AvgIpc) is 2.36. The van der Waals surface area contributed by atoms with Gasteiger partial charge in [-0.15, -0.1) is 0 Å². The summed E-state index contributed by atoms with van der Waals surface area (Å²) in [6.07, 6.45) is 10.7. The summed E-state index contributed by atoms with van der Waals surface area (Å²) >= 11 is 0. The van der Waals surface area contributed by atoms with E-state index in [1.165, 1.54) is 64.5 Å². The number of hydrogen-bond donors (Lipinski definition) is 1. The van der Waals surface area contributed by atoms with E-state index in [1.807, 2.05) is 0 Å². The van der Waals surface area contributed by atoms with E-state index in [0.29, 0.717) is 0 Å². The normalized spacial score (nSPS) is 24.0. The molecule has 1 fully saturated rings. The molecule has 1 heterocycles. The van der Waals surface area contributed by atoms with Crippen molar-refractivity contribution < 1.29 is 0 Å². The minimum absolute atomic E-state index is 0.271. The highest BCUT2D eigenvalue weighted by Gasteiger charge is 2.34. The smallest absolute Gasteiger partial charge is 0.0331 e. The Labute approximate surface area is 114 Å². The maximum absolute atomic E-state index is 6.20. The molecule has 0 saturated carbocycles. The molecule has 0 aromatic rings. The second-order valence-electron chi connectivity index (χ2n) is 6.25. The molecule has 1 rings (SSSR count). The average molecular weight is 254 g/mol. The van der Waals surface area contributed by atoms with Crippen LogP contribution in [-0.2, 0) is 0 Å². The van der Waals surface area contributed by atoms with E-state index in [9.17, 15) is 0 Å². The molecule has 0 aliphatic carbocycles. The van der Waals surface area contributed by atoms with Crippen LogP contribution in [0, 0.1) is 5.92 Å². The highest BCUT2D eigenvalue weighted by molar-refractivity contribution is 4.92. The predicted molar refractivity (Wildman–Crippen MR) is 80.8 cm³/mol. The van der Waals surface area contributed by atoms with Crippen molar-refractivity contribution in [1.29, 1.82) is 0 Å². The fraction of sp³-hybridized carbons (Fsp3) is 1.00. The van der Waals surface area contributed by atoms with Crippen LogP contribution in [-0.4, -0.2) is 30.1 Å². The second-order valence-corrected chi connectivity index (χ2v) is 6.25. The standard InChI is InChI=1S/C16H34N2/c1-4-15(3)13-16(5-2,14-17)18-11-9-7-6-8-10-12-18/h15H,4-14,17H2,1-3H3. The fourth-order valence-corrected chi connectivity index (χ4v) is 3.37. The third-order valence-electron chi connectivity index (χ3n) is 4.99. The number of nitrogens with zero attached hydrogens (tertiary/aromatic N) is 1. The van der Waals surface area contributed by atoms with Crippen LogP contribution in [0.1, 0.15) is 72.1 Å². The maximum atomic E-state index is 6.20. The quantitative estimate of drug-likeness (QED) is 0.781. The van der Waals surface area contributed by atoms with Crippen LogP contribution in [0.5, 0.6) is 0 Å². The first-order chi connectivity index (χ1) is 8.68. The molecule has 1 aliphatic heterocycles. The zero-order chi connectivity index (χ0) is 13.4. The lowest BCUT2D eigenvalue weighted by Gasteiger charge is -2.45. The molecule has 0 bridgehead atoms. The summed E-state index contributed by atoms with van der Waals surface area (Å²) in [6.45, 7) is 10.4. The number of rotatable bonds is 6. The Bertz CT molecular complexity index is 203. The van der Waals surface area contributed by atoms with Gasteiger partial charge in [0.25, 0.3) is 0 Å². The lowest BCUT2D eigenvalue weighted by Crippen LogP contribution is -2.55. The summed E-state index contributed by atoms with van der Waals surface area (Å²) in [5.74, 6) is 0.791. The third kappa shape index (κ3) is 4.24. The van der Waals surface area contributed by atoms with Crippen molar-refractivity contribution in [1.82, 2.24) is 4.90 Å². The van der Waals surface area contributed by atoms with Crippen LogP contribution in [0.4, 0.5) is 0 Å². The van der Waals surface area contributed by atoms with Gasteiger partial charge >= 0.3 is 0 Å². The molecule has 0 aromatic heterocycles. The van der Waals surface area contributed by atoms with Gasteiger partial charge in [0.15, 0.2) is 0 Å². The zero-order valence-electron chi connectivity index (χ0n) is 12.9. The van der Waals surface area contributed by atoms with Crippen LogP contribution in [0.2, 0.25) is 0 Å². The van der Waals surface area contributed by atoms with Gasteiger partial charge in [-0.05, 0) is 44.7 Å². The zero-order valence-corrected chi connectivity index (χ0v) is 12.9. The Morgan fingerprint density at radius 2 is 1.61 bits per heavy atom. The summed E-state index contributed by atoms with van der Waals surface area (Å²) in [5, 5.41) is 0. The Morgan fingerprint density at radius 1 is 1.06 bits per heavy atom. The summed E-state index contributed by atoms with van der Waals surface area (Å²) in [4.78, 5) is 2.73. The Balaban J connectivity index is 2.72. The van der Waals surface area contributed by atoms with Crippen LogP contribution in [0.3, 0.4) is 0 Å². The molecule has 18 heavy (non-hydrogen) atoms. The predicted octanol–water partition coefficient (Wildman–Crippen LogP) is 3.80. The van der Waals surface area contributed by atoms with Gasteiger partial charge in [0.2, 0.25) is 0 Å². The molecule has 2 unspecified atom stereocenters. The molecule has 0 aromatic carbocycles. The van der Waals surface area contributed by atoms with Gasteiger partial charge in [0, 0.05) is 12.1 Å². The fourth-order valence-electron chi connectivity index (χ4n) is 3.37. The second kappa shape index (κ2) is 8.16. The van der Waals surface area contributed by atoms with E-state index in [4.69, 9.17) is 5.73 Å². The molecule has 0 spiro atoms. The van der Waals surface area contributed by atoms with E-state index in [1.54, 1.807) is 0 Å². The first kappa shape index (κ1) is 16.0. The van der Waals surface area contributed by atoms with Crippen molar-refractivity contribution in [2.75, 3.05) is 19.6 Å². The summed E-state index contributed by atoms with van der Waals surface area (Å²) in [7, 11) is 0. The molecule has 108 valence electrons. The van der Waals surface area contributed by atoms with Gasteiger partial charge in [0.05, 0.1) is 0 Å². The SMILES string of the molecule is CCC(C)CC(CC)(CN)N1CCCCCCC1. The Kier molecular flexibility index (Phi) is 7.25. The monoisotopic (exact) mass is 254 g/mol. The molecule has 0 amide bonds. The summed E-state index contributed by atoms with van der Waals surface area (Å²) in [6, 6.07) is 0. The Hall–Kier alpha value is -0.0800. The molecule has 1 saturated heterocycles. The highest BCUT2D eigenvalue weighted by atomic mass is 15.2. The molecule has 2 nitrogen and oxygen atoms in total. The van der Waals surface area contributed by atoms with Crippen molar-refractivity contribution in [3.8, 4) is 0 Å². The number of hydrogen-bond acceptors (Lipinski definition) is 2. The Morgan fingerprint density at radius 3 is 2.06 bits per heavy atom. The van der Waals surface area contributed by atoms with E-state index >= 15 is 0 Å². The molecule has 2 N–H and O–H groups in total. The summed E-state index contributed by atoms with van der Waals surface area (Å²) < 4.78 is 0. The van der Waals surface area contributed by atoms with Crippen LogP contribution >= 0.6 is 0 Å². The molecule has 1 aliphatic rings. The van der Waals surface area contributed by atoms with E-state index in [2.05, 4.69) is 25.7 Å². The van der Waals surface area contributed by atoms with E-state index in [0.717, 1.165) is 12.5 Å². The van der Waals surface area contributed by atoms with E-state index in [-0.39, 0.29) is 5.54 Å². The first-order valence-corrected chi connectivity index (χ1v) is 8.13.